The predicted octanol–water partition coefficient (Wildman–Crippen LogP) is 2.84. The van der Waals surface area contributed by atoms with Gasteiger partial charge in [0.1, 0.15) is 0 Å². The summed E-state index contributed by atoms with van der Waals surface area (Å²) < 4.78 is 16.1. The fraction of sp³-hybridized carbons (Fsp3) is 0.333. The van der Waals surface area contributed by atoms with Crippen molar-refractivity contribution in [3.8, 4) is 22.8 Å². The van der Waals surface area contributed by atoms with Crippen LogP contribution in [0.5, 0.6) is 11.5 Å². The molecule has 1 N–H and O–H groups in total. The number of hydrogen-bond acceptors (Lipinski definition) is 5. The zero-order valence-electron chi connectivity index (χ0n) is 11.5. The van der Waals surface area contributed by atoms with Crippen molar-refractivity contribution < 1.29 is 23.9 Å². The molecule has 1 heterocycles. The van der Waals surface area contributed by atoms with E-state index >= 15 is 0 Å². The fourth-order valence-corrected chi connectivity index (χ4v) is 1.94. The van der Waals surface area contributed by atoms with Gasteiger partial charge in [-0.05, 0) is 37.0 Å². The summed E-state index contributed by atoms with van der Waals surface area (Å²) in [5.41, 5.74) is 0.559. The maximum Gasteiger partial charge on any atom is 0.358 e. The van der Waals surface area contributed by atoms with Crippen LogP contribution in [0, 0.1) is 5.92 Å². The van der Waals surface area contributed by atoms with Gasteiger partial charge in [-0.1, -0.05) is 5.16 Å². The van der Waals surface area contributed by atoms with E-state index in [1.165, 1.54) is 18.9 Å². The van der Waals surface area contributed by atoms with E-state index in [1.807, 2.05) is 0 Å². The van der Waals surface area contributed by atoms with Gasteiger partial charge in [-0.3, -0.25) is 0 Å². The third-order valence-electron chi connectivity index (χ3n) is 3.35. The van der Waals surface area contributed by atoms with Gasteiger partial charge in [-0.25, -0.2) is 4.79 Å². The van der Waals surface area contributed by atoms with E-state index in [-0.39, 0.29) is 5.69 Å². The first-order chi connectivity index (χ1) is 10.2. The molecule has 0 spiro atoms. The van der Waals surface area contributed by atoms with Crippen molar-refractivity contribution in [1.82, 2.24) is 5.16 Å². The van der Waals surface area contributed by atoms with E-state index < -0.39 is 5.97 Å². The molecule has 0 aliphatic heterocycles. The molecular weight excluding hydrogens is 274 g/mol. The van der Waals surface area contributed by atoms with Crippen molar-refractivity contribution in [2.24, 2.45) is 5.92 Å². The summed E-state index contributed by atoms with van der Waals surface area (Å²) in [6.45, 7) is 0.696. The first-order valence-electron chi connectivity index (χ1n) is 6.68. The van der Waals surface area contributed by atoms with Gasteiger partial charge in [0.2, 0.25) is 0 Å². The van der Waals surface area contributed by atoms with Crippen LogP contribution in [0.3, 0.4) is 0 Å². The standard InChI is InChI=1S/C15H15NO5/c1-19-14-6-10(13-7-11(15(17)18)16-21-13)4-5-12(14)20-8-9-2-3-9/h4-7,9H,2-3,8H2,1H3,(H,17,18). The zero-order chi connectivity index (χ0) is 14.8. The highest BCUT2D eigenvalue weighted by Gasteiger charge is 2.22. The molecule has 0 radical (unpaired) electrons. The number of carboxylic acid groups (broad SMARTS) is 1. The smallest absolute Gasteiger partial charge is 0.358 e. The summed E-state index contributed by atoms with van der Waals surface area (Å²) in [5, 5.41) is 12.3. The van der Waals surface area contributed by atoms with Gasteiger partial charge in [-0.15, -0.1) is 0 Å². The number of aromatic nitrogens is 1. The third kappa shape index (κ3) is 2.99. The number of benzene rings is 1. The lowest BCUT2D eigenvalue weighted by Gasteiger charge is -2.11. The molecule has 0 atom stereocenters. The Bertz CT molecular complexity index is 660. The number of aromatic carboxylic acids is 1. The average Bonchev–Trinajstić information content (AvgIpc) is 3.18. The fourth-order valence-electron chi connectivity index (χ4n) is 1.94. The second kappa shape index (κ2) is 5.47. The summed E-state index contributed by atoms with van der Waals surface area (Å²) in [4.78, 5) is 10.8. The lowest BCUT2D eigenvalue weighted by atomic mass is 10.1. The van der Waals surface area contributed by atoms with Crippen molar-refractivity contribution in [2.45, 2.75) is 12.8 Å². The van der Waals surface area contributed by atoms with E-state index in [4.69, 9.17) is 19.1 Å². The van der Waals surface area contributed by atoms with Gasteiger partial charge >= 0.3 is 5.97 Å². The maximum atomic E-state index is 10.8. The predicted molar refractivity (Wildman–Crippen MR) is 73.7 cm³/mol. The highest BCUT2D eigenvalue weighted by molar-refractivity contribution is 5.86. The molecule has 1 aromatic carbocycles. The Labute approximate surface area is 121 Å². The first-order valence-corrected chi connectivity index (χ1v) is 6.68. The van der Waals surface area contributed by atoms with Crippen LogP contribution in [0.25, 0.3) is 11.3 Å². The molecular formula is C15H15NO5. The third-order valence-corrected chi connectivity index (χ3v) is 3.35. The van der Waals surface area contributed by atoms with Crippen LogP contribution in [-0.2, 0) is 0 Å². The van der Waals surface area contributed by atoms with Gasteiger partial charge in [-0.2, -0.15) is 0 Å². The number of methoxy groups -OCH3 is 1. The number of nitrogens with zero attached hydrogens (tertiary/aromatic N) is 1. The Kier molecular flexibility index (Phi) is 3.51. The van der Waals surface area contributed by atoms with E-state index in [9.17, 15) is 4.79 Å². The Morgan fingerprint density at radius 1 is 1.38 bits per heavy atom. The normalized spacial score (nSPS) is 14.0. The largest absolute Gasteiger partial charge is 0.493 e. The molecule has 1 aromatic heterocycles. The van der Waals surface area contributed by atoms with Crippen LogP contribution in [0.2, 0.25) is 0 Å². The topological polar surface area (TPSA) is 81.8 Å². The molecule has 6 nitrogen and oxygen atoms in total. The van der Waals surface area contributed by atoms with Crippen molar-refractivity contribution >= 4 is 5.97 Å². The van der Waals surface area contributed by atoms with Gasteiger partial charge in [0, 0.05) is 11.6 Å². The molecule has 1 fully saturated rings. The molecule has 0 saturated heterocycles. The number of carbonyl (C=O) groups is 1. The lowest BCUT2D eigenvalue weighted by molar-refractivity contribution is 0.0686. The molecule has 0 unspecified atom stereocenters. The van der Waals surface area contributed by atoms with Crippen LogP contribution in [0.4, 0.5) is 0 Å². The molecule has 1 aliphatic carbocycles. The summed E-state index contributed by atoms with van der Waals surface area (Å²) in [6, 6.07) is 6.70. The highest BCUT2D eigenvalue weighted by atomic mass is 16.5. The SMILES string of the molecule is COc1cc(-c2cc(C(=O)O)no2)ccc1OCC1CC1. The Hall–Kier alpha value is -2.50. The van der Waals surface area contributed by atoms with E-state index in [1.54, 1.807) is 25.3 Å². The molecule has 6 heteroatoms. The van der Waals surface area contributed by atoms with Crippen LogP contribution >= 0.6 is 0 Å². The molecule has 2 aromatic rings. The monoisotopic (exact) mass is 289 g/mol. The van der Waals surface area contributed by atoms with Crippen molar-refractivity contribution in [3.05, 3.63) is 30.0 Å². The highest BCUT2D eigenvalue weighted by Crippen LogP contribution is 2.35. The Balaban J connectivity index is 1.83. The number of carboxylic acids is 1. The van der Waals surface area contributed by atoms with E-state index in [2.05, 4.69) is 5.16 Å². The van der Waals surface area contributed by atoms with Crippen molar-refractivity contribution in [2.75, 3.05) is 13.7 Å². The molecule has 0 amide bonds. The molecule has 1 saturated carbocycles. The molecule has 110 valence electrons. The number of hydrogen-bond donors (Lipinski definition) is 1. The maximum absolute atomic E-state index is 10.8. The van der Waals surface area contributed by atoms with E-state index in [0.29, 0.717) is 35.3 Å². The molecule has 1 aliphatic rings. The minimum absolute atomic E-state index is 0.127. The van der Waals surface area contributed by atoms with Crippen LogP contribution in [-0.4, -0.2) is 29.9 Å². The van der Waals surface area contributed by atoms with Crippen molar-refractivity contribution in [3.63, 3.8) is 0 Å². The Morgan fingerprint density at radius 3 is 2.81 bits per heavy atom. The van der Waals surface area contributed by atoms with Crippen LogP contribution in [0.15, 0.2) is 28.8 Å². The summed E-state index contributed by atoms with van der Waals surface area (Å²) in [7, 11) is 1.56. The average molecular weight is 289 g/mol. The summed E-state index contributed by atoms with van der Waals surface area (Å²) in [6.07, 6.45) is 2.44. The zero-order valence-corrected chi connectivity index (χ0v) is 11.5. The summed E-state index contributed by atoms with van der Waals surface area (Å²) >= 11 is 0. The van der Waals surface area contributed by atoms with Gasteiger partial charge in [0.15, 0.2) is 23.0 Å². The van der Waals surface area contributed by atoms with Gasteiger partial charge < -0.3 is 19.1 Å². The second-order valence-electron chi connectivity index (χ2n) is 5.00. The number of ether oxygens (including phenoxy) is 2. The van der Waals surface area contributed by atoms with E-state index in [0.717, 1.165) is 0 Å². The molecule has 3 rings (SSSR count). The summed E-state index contributed by atoms with van der Waals surface area (Å²) in [5.74, 6) is 1.16. The minimum Gasteiger partial charge on any atom is -0.493 e. The van der Waals surface area contributed by atoms with Crippen LogP contribution in [0.1, 0.15) is 23.3 Å². The Morgan fingerprint density at radius 2 is 2.19 bits per heavy atom. The first kappa shape index (κ1) is 13.5. The van der Waals surface area contributed by atoms with Crippen molar-refractivity contribution in [1.29, 1.82) is 0 Å². The minimum atomic E-state index is -1.12. The van der Waals surface area contributed by atoms with Gasteiger partial charge in [0.25, 0.3) is 0 Å². The number of rotatable bonds is 6. The second-order valence-corrected chi connectivity index (χ2v) is 5.00. The molecule has 0 bridgehead atoms. The van der Waals surface area contributed by atoms with Crippen LogP contribution < -0.4 is 9.47 Å². The molecule has 21 heavy (non-hydrogen) atoms. The van der Waals surface area contributed by atoms with Gasteiger partial charge in [0.05, 0.1) is 13.7 Å². The quantitative estimate of drug-likeness (QED) is 0.880. The lowest BCUT2D eigenvalue weighted by Crippen LogP contribution is -2.00.